The first-order valence-electron chi connectivity index (χ1n) is 8.95. The number of ether oxygens (including phenoxy) is 2. The van der Waals surface area contributed by atoms with Crippen molar-refractivity contribution in [1.29, 1.82) is 0 Å². The van der Waals surface area contributed by atoms with Crippen LogP contribution in [0.25, 0.3) is 0 Å². The highest BCUT2D eigenvalue weighted by Gasteiger charge is 2.33. The van der Waals surface area contributed by atoms with Gasteiger partial charge >= 0.3 is 0 Å². The number of halogens is 1. The third-order valence-electron chi connectivity index (χ3n) is 4.35. The Balaban J connectivity index is 2.37. The highest BCUT2D eigenvalue weighted by molar-refractivity contribution is 7.92. The molecule has 0 bridgehead atoms. The first-order valence-corrected chi connectivity index (χ1v) is 11.2. The first kappa shape index (κ1) is 22.8. The number of amides is 1. The van der Waals surface area contributed by atoms with Crippen LogP contribution in [0.1, 0.15) is 18.9 Å². The van der Waals surface area contributed by atoms with E-state index >= 15 is 0 Å². The van der Waals surface area contributed by atoms with E-state index in [1.807, 2.05) is 18.2 Å². The van der Waals surface area contributed by atoms with Gasteiger partial charge in [0.1, 0.15) is 17.5 Å². The van der Waals surface area contributed by atoms with Crippen molar-refractivity contribution >= 4 is 33.2 Å². The Bertz CT molecular complexity index is 965. The number of benzene rings is 2. The number of methoxy groups -OCH3 is 2. The smallest absolute Gasteiger partial charge is 0.244 e. The maximum Gasteiger partial charge on any atom is 0.244 e. The van der Waals surface area contributed by atoms with Gasteiger partial charge in [0.25, 0.3) is 0 Å². The minimum atomic E-state index is -3.81. The third-order valence-corrected chi connectivity index (χ3v) is 5.75. The Kier molecular flexibility index (Phi) is 7.75. The molecule has 29 heavy (non-hydrogen) atoms. The molecule has 0 aliphatic rings. The number of rotatable bonds is 9. The predicted molar refractivity (Wildman–Crippen MR) is 114 cm³/mol. The van der Waals surface area contributed by atoms with E-state index in [2.05, 4.69) is 5.32 Å². The molecule has 0 unspecified atom stereocenters. The molecule has 0 saturated carbocycles. The minimum Gasteiger partial charge on any atom is -0.496 e. The van der Waals surface area contributed by atoms with E-state index in [0.717, 1.165) is 16.1 Å². The van der Waals surface area contributed by atoms with Crippen molar-refractivity contribution < 1.29 is 22.7 Å². The molecule has 1 amide bonds. The number of hydrogen-bond donors (Lipinski definition) is 1. The maximum absolute atomic E-state index is 13.0. The van der Waals surface area contributed by atoms with Gasteiger partial charge in [-0.2, -0.15) is 0 Å². The quantitative estimate of drug-likeness (QED) is 0.647. The number of nitrogens with zero attached hydrogens (tertiary/aromatic N) is 1. The van der Waals surface area contributed by atoms with Gasteiger partial charge in [0.05, 0.1) is 26.2 Å². The largest absolute Gasteiger partial charge is 0.496 e. The lowest BCUT2D eigenvalue weighted by atomic mass is 10.1. The van der Waals surface area contributed by atoms with Crippen molar-refractivity contribution in [2.75, 3.05) is 24.8 Å². The fourth-order valence-electron chi connectivity index (χ4n) is 3.02. The van der Waals surface area contributed by atoms with E-state index in [-0.39, 0.29) is 18.7 Å². The van der Waals surface area contributed by atoms with Crippen LogP contribution in [0.3, 0.4) is 0 Å². The molecule has 9 heteroatoms. The topological polar surface area (TPSA) is 84.9 Å². The van der Waals surface area contributed by atoms with E-state index in [1.54, 1.807) is 32.2 Å². The molecule has 0 spiro atoms. The summed E-state index contributed by atoms with van der Waals surface area (Å²) in [5, 5.41) is 3.13. The second-order valence-electron chi connectivity index (χ2n) is 6.33. The van der Waals surface area contributed by atoms with Crippen LogP contribution in [-0.2, 0) is 21.4 Å². The summed E-state index contributed by atoms with van der Waals surface area (Å²) in [6.07, 6.45) is 1.30. The molecule has 2 aromatic carbocycles. The van der Waals surface area contributed by atoms with Gasteiger partial charge in [0, 0.05) is 17.1 Å². The standard InChI is InChI=1S/C20H25ClN2O5S/c1-5-16(20(24)22-13-14-8-6-7-9-18(14)27-2)23(29(4,25)26)17-12-15(21)10-11-19(17)28-3/h6-12,16H,5,13H2,1-4H3,(H,22,24)/t16-/m0/s1. The monoisotopic (exact) mass is 440 g/mol. The van der Waals surface area contributed by atoms with Gasteiger partial charge in [-0.05, 0) is 30.7 Å². The number of nitrogens with one attached hydrogen (secondary N) is 1. The van der Waals surface area contributed by atoms with E-state index < -0.39 is 22.0 Å². The van der Waals surface area contributed by atoms with Gasteiger partial charge in [-0.1, -0.05) is 36.7 Å². The molecule has 158 valence electrons. The van der Waals surface area contributed by atoms with Crippen molar-refractivity contribution in [2.24, 2.45) is 0 Å². The van der Waals surface area contributed by atoms with Crippen LogP contribution < -0.4 is 19.1 Å². The van der Waals surface area contributed by atoms with Crippen molar-refractivity contribution in [1.82, 2.24) is 5.32 Å². The molecule has 2 rings (SSSR count). The summed E-state index contributed by atoms with van der Waals surface area (Å²) >= 11 is 6.08. The fraction of sp³-hybridized carbons (Fsp3) is 0.350. The summed E-state index contributed by atoms with van der Waals surface area (Å²) in [5.74, 6) is 0.499. The Morgan fingerprint density at radius 2 is 1.79 bits per heavy atom. The summed E-state index contributed by atoms with van der Waals surface area (Å²) in [6, 6.07) is 10.9. The SMILES string of the molecule is CC[C@@H](C(=O)NCc1ccccc1OC)N(c1cc(Cl)ccc1OC)S(C)(=O)=O. The normalized spacial score (nSPS) is 12.2. The number of hydrogen-bond acceptors (Lipinski definition) is 5. The van der Waals surface area contributed by atoms with Crippen LogP contribution in [0.4, 0.5) is 5.69 Å². The van der Waals surface area contributed by atoms with Gasteiger partial charge in [-0.3, -0.25) is 9.10 Å². The van der Waals surface area contributed by atoms with Crippen LogP contribution in [0.5, 0.6) is 11.5 Å². The molecule has 1 N–H and O–H groups in total. The number of carbonyl (C=O) groups excluding carboxylic acids is 1. The van der Waals surface area contributed by atoms with Crippen LogP contribution in [0.2, 0.25) is 5.02 Å². The lowest BCUT2D eigenvalue weighted by molar-refractivity contribution is -0.122. The fourth-order valence-corrected chi connectivity index (χ4v) is 4.39. The van der Waals surface area contributed by atoms with Crippen LogP contribution in [-0.4, -0.2) is 40.8 Å². The van der Waals surface area contributed by atoms with Gasteiger partial charge < -0.3 is 14.8 Å². The number of carbonyl (C=O) groups is 1. The summed E-state index contributed by atoms with van der Waals surface area (Å²) < 4.78 is 36.9. The van der Waals surface area contributed by atoms with Crippen molar-refractivity contribution in [3.63, 3.8) is 0 Å². The molecule has 0 fully saturated rings. The van der Waals surface area contributed by atoms with Crippen LogP contribution >= 0.6 is 11.6 Å². The van der Waals surface area contributed by atoms with Gasteiger partial charge in [-0.15, -0.1) is 0 Å². The Morgan fingerprint density at radius 1 is 1.14 bits per heavy atom. The average Bonchev–Trinajstić information content (AvgIpc) is 2.69. The van der Waals surface area contributed by atoms with Crippen molar-refractivity contribution in [2.45, 2.75) is 25.9 Å². The minimum absolute atomic E-state index is 0.198. The molecule has 0 aliphatic heterocycles. The number of anilines is 1. The highest BCUT2D eigenvalue weighted by Crippen LogP contribution is 2.34. The third kappa shape index (κ3) is 5.55. The molecule has 7 nitrogen and oxygen atoms in total. The van der Waals surface area contributed by atoms with Crippen molar-refractivity contribution in [3.8, 4) is 11.5 Å². The zero-order chi connectivity index (χ0) is 21.6. The van der Waals surface area contributed by atoms with Gasteiger partial charge in [0.15, 0.2) is 0 Å². The second-order valence-corrected chi connectivity index (χ2v) is 8.62. The van der Waals surface area contributed by atoms with E-state index in [4.69, 9.17) is 21.1 Å². The predicted octanol–water partition coefficient (Wildman–Crippen LogP) is 3.22. The molecular weight excluding hydrogens is 416 g/mol. The van der Waals surface area contributed by atoms with E-state index in [1.165, 1.54) is 13.2 Å². The first-order chi connectivity index (χ1) is 13.7. The summed E-state index contributed by atoms with van der Waals surface area (Å²) in [7, 11) is -0.836. The summed E-state index contributed by atoms with van der Waals surface area (Å²) in [5.41, 5.74) is 0.992. The molecule has 2 aromatic rings. The van der Waals surface area contributed by atoms with E-state index in [9.17, 15) is 13.2 Å². The highest BCUT2D eigenvalue weighted by atomic mass is 35.5. The molecular formula is C20H25ClN2O5S. The van der Waals surface area contributed by atoms with Gasteiger partial charge in [0.2, 0.25) is 15.9 Å². The molecule has 0 aromatic heterocycles. The van der Waals surface area contributed by atoms with Crippen molar-refractivity contribution in [3.05, 3.63) is 53.1 Å². The van der Waals surface area contributed by atoms with Gasteiger partial charge in [-0.25, -0.2) is 8.42 Å². The molecule has 0 radical (unpaired) electrons. The number of para-hydroxylation sites is 1. The second kappa shape index (κ2) is 9.84. The molecule has 0 saturated heterocycles. The Hall–Kier alpha value is -2.45. The van der Waals surface area contributed by atoms with E-state index in [0.29, 0.717) is 16.5 Å². The zero-order valence-corrected chi connectivity index (χ0v) is 18.4. The summed E-state index contributed by atoms with van der Waals surface area (Å²) in [4.78, 5) is 13.0. The maximum atomic E-state index is 13.0. The molecule has 1 atom stereocenters. The Morgan fingerprint density at radius 3 is 2.38 bits per heavy atom. The average molecular weight is 441 g/mol. The zero-order valence-electron chi connectivity index (χ0n) is 16.8. The van der Waals surface area contributed by atoms with Crippen LogP contribution in [0.15, 0.2) is 42.5 Å². The summed E-state index contributed by atoms with van der Waals surface area (Å²) in [6.45, 7) is 1.94. The van der Waals surface area contributed by atoms with Crippen LogP contribution in [0, 0.1) is 0 Å². The molecule has 0 heterocycles. The Labute approximate surface area is 176 Å². The molecule has 0 aliphatic carbocycles. The lowest BCUT2D eigenvalue weighted by Gasteiger charge is -2.31. The lowest BCUT2D eigenvalue weighted by Crippen LogP contribution is -2.49. The number of sulfonamides is 1.